The van der Waals surface area contributed by atoms with Gasteiger partial charge in [0.05, 0.1) is 16.6 Å². The fourth-order valence-electron chi connectivity index (χ4n) is 5.62. The molecule has 0 radical (unpaired) electrons. The number of thiazole rings is 1. The van der Waals surface area contributed by atoms with Gasteiger partial charge in [0, 0.05) is 16.5 Å². The topological polar surface area (TPSA) is 88.5 Å². The predicted octanol–water partition coefficient (Wildman–Crippen LogP) is 5.95. The molecule has 1 aromatic heterocycles. The summed E-state index contributed by atoms with van der Waals surface area (Å²) in [5, 5.41) is 2.71. The van der Waals surface area contributed by atoms with Crippen molar-refractivity contribution in [1.82, 2.24) is 4.57 Å². The lowest BCUT2D eigenvalue weighted by molar-refractivity contribution is -0.122. The molecule has 0 unspecified atom stereocenters. The molecule has 1 fully saturated rings. The number of anilines is 2. The molecule has 0 spiro atoms. The van der Waals surface area contributed by atoms with Crippen LogP contribution in [0.4, 0.5) is 11.4 Å². The Morgan fingerprint density at radius 3 is 2.19 bits per heavy atom. The van der Waals surface area contributed by atoms with Crippen molar-refractivity contribution in [1.29, 1.82) is 0 Å². The molecule has 6 rings (SSSR count). The van der Waals surface area contributed by atoms with E-state index in [1.54, 1.807) is 24.3 Å². The van der Waals surface area contributed by atoms with Crippen molar-refractivity contribution >= 4 is 52.2 Å². The first-order valence-electron chi connectivity index (χ1n) is 13.8. The Balaban J connectivity index is 1.41. The first kappa shape index (κ1) is 28.2. The van der Waals surface area contributed by atoms with Gasteiger partial charge < -0.3 is 5.32 Å². The van der Waals surface area contributed by atoms with Gasteiger partial charge in [-0.2, -0.15) is 0 Å². The van der Waals surface area contributed by atoms with E-state index in [2.05, 4.69) is 38.2 Å². The number of aromatic nitrogens is 1. The van der Waals surface area contributed by atoms with Crippen molar-refractivity contribution in [3.63, 3.8) is 0 Å². The molecule has 0 saturated carbocycles. The molecule has 0 aliphatic carbocycles. The molecule has 3 heterocycles. The minimum absolute atomic E-state index is 0.0587. The molecule has 9 heteroatoms. The van der Waals surface area contributed by atoms with Crippen LogP contribution in [0.2, 0.25) is 0 Å². The second kappa shape index (κ2) is 10.7. The zero-order valence-electron chi connectivity index (χ0n) is 23.8. The van der Waals surface area contributed by atoms with E-state index < -0.39 is 17.1 Å². The number of carbonyl (C=O) groups excluding carboxylic acids is 3. The van der Waals surface area contributed by atoms with Crippen molar-refractivity contribution in [2.45, 2.75) is 55.8 Å². The lowest BCUT2D eigenvalue weighted by atomic mass is 9.81. The van der Waals surface area contributed by atoms with Gasteiger partial charge >= 0.3 is 4.87 Å². The summed E-state index contributed by atoms with van der Waals surface area (Å²) in [6.07, 6.45) is 0. The van der Waals surface area contributed by atoms with Gasteiger partial charge in [-0.05, 0) is 47.7 Å². The quantitative estimate of drug-likeness (QED) is 0.287. The van der Waals surface area contributed by atoms with Crippen LogP contribution in [-0.2, 0) is 26.3 Å². The highest BCUT2D eigenvalue weighted by Crippen LogP contribution is 2.54. The first-order valence-corrected chi connectivity index (χ1v) is 15.5. The largest absolute Gasteiger partial charge is 0.325 e. The summed E-state index contributed by atoms with van der Waals surface area (Å²) in [4.78, 5) is 56.0. The Labute approximate surface area is 252 Å². The molecular weight excluding hydrogens is 567 g/mol. The summed E-state index contributed by atoms with van der Waals surface area (Å²) in [6.45, 7) is 8.19. The molecule has 3 atom stereocenters. The normalized spacial score (nSPS) is 19.9. The van der Waals surface area contributed by atoms with Gasteiger partial charge in [-0.25, -0.2) is 4.90 Å². The van der Waals surface area contributed by atoms with E-state index in [1.165, 1.54) is 21.2 Å². The maximum absolute atomic E-state index is 14.0. The average molecular weight is 598 g/mol. The fourth-order valence-corrected chi connectivity index (χ4v) is 8.39. The van der Waals surface area contributed by atoms with Crippen molar-refractivity contribution in [3.8, 4) is 0 Å². The van der Waals surface area contributed by atoms with Gasteiger partial charge in [0.15, 0.2) is 0 Å². The van der Waals surface area contributed by atoms with Crippen LogP contribution in [0, 0.1) is 12.8 Å². The van der Waals surface area contributed by atoms with Crippen LogP contribution >= 0.6 is 23.1 Å². The molecule has 214 valence electrons. The molecule has 1 N–H and O–H groups in total. The predicted molar refractivity (Wildman–Crippen MR) is 167 cm³/mol. The van der Waals surface area contributed by atoms with Crippen molar-refractivity contribution in [2.75, 3.05) is 10.2 Å². The number of carbonyl (C=O) groups is 3. The maximum atomic E-state index is 14.0. The Bertz CT molecular complexity index is 1740. The third kappa shape index (κ3) is 5.01. The third-order valence-corrected chi connectivity index (χ3v) is 10.4. The van der Waals surface area contributed by atoms with E-state index in [1.807, 2.05) is 49.4 Å². The van der Waals surface area contributed by atoms with Crippen molar-refractivity contribution in [3.05, 3.63) is 110 Å². The monoisotopic (exact) mass is 597 g/mol. The number of hydrogen-bond acceptors (Lipinski definition) is 6. The van der Waals surface area contributed by atoms with E-state index in [0.29, 0.717) is 21.3 Å². The summed E-state index contributed by atoms with van der Waals surface area (Å²) in [7, 11) is 0. The minimum atomic E-state index is -0.724. The lowest BCUT2D eigenvalue weighted by Gasteiger charge is -2.31. The average Bonchev–Trinajstić information content (AvgIpc) is 3.40. The molecule has 0 bridgehead atoms. The molecule has 3 amide bonds. The van der Waals surface area contributed by atoms with E-state index in [4.69, 9.17) is 0 Å². The van der Waals surface area contributed by atoms with E-state index in [-0.39, 0.29) is 34.6 Å². The summed E-state index contributed by atoms with van der Waals surface area (Å²) in [5.41, 5.74) is 4.20. The fraction of sp³-hybridized carbons (Fsp3) is 0.273. The van der Waals surface area contributed by atoms with Gasteiger partial charge in [-0.1, -0.05) is 104 Å². The highest BCUT2D eigenvalue weighted by atomic mass is 32.2. The standard InChI is InChI=1S/C33H31N3O4S2/c1-19-10-16-22(17-11-19)34-24(37)18-35-31-28(42-32(35)40)25(20-12-14-21(15-13-20)33(2,3)4)26-27(41-31)30(39)36(29(26)38)23-8-6-5-7-9-23/h5-17,25-27H,18H2,1-4H3,(H,34,37)/t25-,26-,27+/m0/s1. The summed E-state index contributed by atoms with van der Waals surface area (Å²) in [5.74, 6) is -2.09. The number of imide groups is 1. The number of rotatable bonds is 5. The summed E-state index contributed by atoms with van der Waals surface area (Å²) >= 11 is 2.28. The smallest absolute Gasteiger partial charge is 0.308 e. The molecule has 3 aromatic carbocycles. The lowest BCUT2D eigenvalue weighted by Crippen LogP contribution is -2.33. The van der Waals surface area contributed by atoms with Gasteiger partial charge in [0.25, 0.3) is 0 Å². The number of amides is 3. The Hall–Kier alpha value is -3.95. The second-order valence-corrected chi connectivity index (χ2v) is 13.9. The number of nitrogens with one attached hydrogen (secondary N) is 1. The highest BCUT2D eigenvalue weighted by Gasteiger charge is 2.56. The molecular formula is C33H31N3O4S2. The number of nitrogens with zero attached hydrogens (tertiary/aromatic N) is 2. The molecule has 7 nitrogen and oxygen atoms in total. The SMILES string of the molecule is Cc1ccc(NC(=O)Cn2c3c(sc2=O)[C@@H](c2ccc(C(C)(C)C)cc2)[C@@H]2C(=O)N(c4ccccc4)C(=O)[C@@H]2S3)cc1. The summed E-state index contributed by atoms with van der Waals surface area (Å²) in [6, 6.07) is 24.5. The number of thioether (sulfide) groups is 1. The summed E-state index contributed by atoms with van der Waals surface area (Å²) < 4.78 is 1.45. The zero-order chi connectivity index (χ0) is 29.8. The van der Waals surface area contributed by atoms with Gasteiger partial charge in [0.2, 0.25) is 17.7 Å². The van der Waals surface area contributed by atoms with Crippen LogP contribution in [-0.4, -0.2) is 27.5 Å². The molecule has 42 heavy (non-hydrogen) atoms. The highest BCUT2D eigenvalue weighted by molar-refractivity contribution is 8.00. The number of benzene rings is 3. The van der Waals surface area contributed by atoms with E-state index >= 15 is 0 Å². The Kier molecular flexibility index (Phi) is 7.19. The number of para-hydroxylation sites is 1. The van der Waals surface area contributed by atoms with Crippen LogP contribution in [0.1, 0.15) is 48.3 Å². The van der Waals surface area contributed by atoms with Crippen LogP contribution in [0.5, 0.6) is 0 Å². The molecule has 2 aliphatic rings. The minimum Gasteiger partial charge on any atom is -0.325 e. The van der Waals surface area contributed by atoms with Crippen LogP contribution in [0.25, 0.3) is 0 Å². The number of fused-ring (bicyclic) bond motifs is 2. The molecule has 2 aliphatic heterocycles. The van der Waals surface area contributed by atoms with Crippen molar-refractivity contribution in [2.24, 2.45) is 5.92 Å². The van der Waals surface area contributed by atoms with E-state index in [9.17, 15) is 19.2 Å². The van der Waals surface area contributed by atoms with Crippen LogP contribution in [0.3, 0.4) is 0 Å². The second-order valence-electron chi connectivity index (χ2n) is 11.8. The number of aryl methyl sites for hydroxylation is 1. The Morgan fingerprint density at radius 2 is 1.55 bits per heavy atom. The molecule has 4 aromatic rings. The van der Waals surface area contributed by atoms with Gasteiger partial charge in [0.1, 0.15) is 11.8 Å². The van der Waals surface area contributed by atoms with E-state index in [0.717, 1.165) is 28.0 Å². The van der Waals surface area contributed by atoms with Gasteiger partial charge in [-0.15, -0.1) is 0 Å². The van der Waals surface area contributed by atoms with Crippen molar-refractivity contribution < 1.29 is 14.4 Å². The number of hydrogen-bond donors (Lipinski definition) is 1. The third-order valence-electron chi connectivity index (χ3n) is 7.84. The van der Waals surface area contributed by atoms with Crippen LogP contribution in [0.15, 0.2) is 88.7 Å². The van der Waals surface area contributed by atoms with Crippen LogP contribution < -0.4 is 15.1 Å². The molecule has 1 saturated heterocycles. The first-order chi connectivity index (χ1) is 20.0. The Morgan fingerprint density at radius 1 is 0.881 bits per heavy atom. The van der Waals surface area contributed by atoms with Gasteiger partial charge in [-0.3, -0.25) is 23.7 Å². The zero-order valence-corrected chi connectivity index (χ0v) is 25.4. The maximum Gasteiger partial charge on any atom is 0.308 e.